The zero-order valence-electron chi connectivity index (χ0n) is 16.9. The fraction of sp³-hybridized carbons (Fsp3) is 0.450. The number of fused-ring (bicyclic) bond motifs is 3. The minimum atomic E-state index is 0. The predicted octanol–water partition coefficient (Wildman–Crippen LogP) is 4.22. The number of amides is 1. The number of carbonyl (C=O) groups is 1. The smallest absolute Gasteiger partial charge is 0.266 e. The van der Waals surface area contributed by atoms with Crippen molar-refractivity contribution < 1.29 is 9.21 Å². The van der Waals surface area contributed by atoms with Gasteiger partial charge in [-0.15, -0.1) is 23.7 Å². The SMILES string of the molecule is CCCN(CCC)Cc1coc(-c2ncn3c2CN(C)C(=O)c2sccc2-3)n1.Cl. The summed E-state index contributed by atoms with van der Waals surface area (Å²) in [5.74, 6) is 0.541. The largest absolute Gasteiger partial charge is 0.443 e. The van der Waals surface area contributed by atoms with E-state index in [0.29, 0.717) is 18.1 Å². The molecule has 9 heteroatoms. The van der Waals surface area contributed by atoms with E-state index in [2.05, 4.69) is 23.7 Å². The summed E-state index contributed by atoms with van der Waals surface area (Å²) in [6, 6.07) is 1.96. The van der Waals surface area contributed by atoms with Gasteiger partial charge in [0.2, 0.25) is 5.89 Å². The molecule has 0 fully saturated rings. The van der Waals surface area contributed by atoms with Crippen molar-refractivity contribution in [1.82, 2.24) is 24.3 Å². The lowest BCUT2D eigenvalue weighted by molar-refractivity contribution is 0.0792. The lowest BCUT2D eigenvalue weighted by Gasteiger charge is -2.19. The van der Waals surface area contributed by atoms with E-state index in [1.807, 2.05) is 23.1 Å². The molecule has 0 bridgehead atoms. The fourth-order valence-electron chi connectivity index (χ4n) is 3.65. The number of carbonyl (C=O) groups excluding carboxylic acids is 1. The molecular weight excluding hydrogens is 410 g/mol. The van der Waals surface area contributed by atoms with Crippen LogP contribution in [-0.4, -0.2) is 50.4 Å². The van der Waals surface area contributed by atoms with Gasteiger partial charge >= 0.3 is 0 Å². The number of thiophene rings is 1. The Balaban J connectivity index is 0.00000240. The van der Waals surface area contributed by atoms with Crippen molar-refractivity contribution in [2.45, 2.75) is 39.8 Å². The number of oxazole rings is 1. The number of rotatable bonds is 7. The zero-order chi connectivity index (χ0) is 19.7. The molecule has 156 valence electrons. The second-order valence-corrected chi connectivity index (χ2v) is 8.04. The quantitative estimate of drug-likeness (QED) is 0.555. The molecule has 1 aliphatic heterocycles. The van der Waals surface area contributed by atoms with E-state index in [1.54, 1.807) is 17.5 Å². The number of nitrogens with zero attached hydrogens (tertiary/aromatic N) is 5. The van der Waals surface area contributed by atoms with Gasteiger partial charge in [-0.3, -0.25) is 14.3 Å². The number of hydrogen-bond acceptors (Lipinski definition) is 6. The Morgan fingerprint density at radius 3 is 2.76 bits per heavy atom. The molecule has 0 spiro atoms. The maximum atomic E-state index is 12.6. The molecule has 0 unspecified atom stereocenters. The van der Waals surface area contributed by atoms with Gasteiger partial charge in [0.1, 0.15) is 23.2 Å². The third-order valence-electron chi connectivity index (χ3n) is 4.92. The van der Waals surface area contributed by atoms with Gasteiger partial charge in [-0.2, -0.15) is 0 Å². The van der Waals surface area contributed by atoms with E-state index in [1.165, 1.54) is 11.3 Å². The van der Waals surface area contributed by atoms with Crippen LogP contribution in [0.1, 0.15) is 47.7 Å². The molecule has 1 amide bonds. The Kier molecular flexibility index (Phi) is 6.77. The molecule has 0 aromatic carbocycles. The molecule has 0 N–H and O–H groups in total. The average molecular weight is 436 g/mol. The molecule has 4 rings (SSSR count). The second kappa shape index (κ2) is 9.11. The lowest BCUT2D eigenvalue weighted by Crippen LogP contribution is -2.25. The molecule has 3 aromatic heterocycles. The molecular formula is C20H26ClN5O2S. The van der Waals surface area contributed by atoms with Gasteiger partial charge < -0.3 is 9.32 Å². The molecule has 29 heavy (non-hydrogen) atoms. The monoisotopic (exact) mass is 435 g/mol. The van der Waals surface area contributed by atoms with Crippen LogP contribution in [0.15, 0.2) is 28.5 Å². The van der Waals surface area contributed by atoms with Crippen LogP contribution in [0.25, 0.3) is 17.3 Å². The third kappa shape index (κ3) is 4.10. The summed E-state index contributed by atoms with van der Waals surface area (Å²) in [6.45, 7) is 7.70. The molecule has 4 heterocycles. The number of halogens is 1. The van der Waals surface area contributed by atoms with Gasteiger partial charge in [0.25, 0.3) is 5.91 Å². The van der Waals surface area contributed by atoms with Crippen LogP contribution in [-0.2, 0) is 13.1 Å². The van der Waals surface area contributed by atoms with Gasteiger partial charge in [-0.1, -0.05) is 13.8 Å². The summed E-state index contributed by atoms with van der Waals surface area (Å²) in [5.41, 5.74) is 3.40. The molecule has 0 radical (unpaired) electrons. The summed E-state index contributed by atoms with van der Waals surface area (Å²) < 4.78 is 7.77. The van der Waals surface area contributed by atoms with E-state index in [0.717, 1.165) is 54.4 Å². The number of hydrogen-bond donors (Lipinski definition) is 0. The lowest BCUT2D eigenvalue weighted by atomic mass is 10.3. The van der Waals surface area contributed by atoms with Crippen molar-refractivity contribution in [3.8, 4) is 17.3 Å². The second-order valence-electron chi connectivity index (χ2n) is 7.13. The molecule has 0 aliphatic carbocycles. The fourth-order valence-corrected chi connectivity index (χ4v) is 4.53. The number of imidazole rings is 1. The van der Waals surface area contributed by atoms with Crippen LogP contribution in [0.2, 0.25) is 0 Å². The van der Waals surface area contributed by atoms with Crippen LogP contribution in [0.3, 0.4) is 0 Å². The van der Waals surface area contributed by atoms with Crippen LogP contribution in [0.5, 0.6) is 0 Å². The van der Waals surface area contributed by atoms with Gasteiger partial charge in [-0.05, 0) is 37.4 Å². The van der Waals surface area contributed by atoms with Gasteiger partial charge in [-0.25, -0.2) is 9.97 Å². The third-order valence-corrected chi connectivity index (χ3v) is 5.81. The van der Waals surface area contributed by atoms with Gasteiger partial charge in [0, 0.05) is 13.6 Å². The maximum absolute atomic E-state index is 12.6. The van der Waals surface area contributed by atoms with E-state index in [4.69, 9.17) is 9.40 Å². The van der Waals surface area contributed by atoms with Crippen LogP contribution >= 0.6 is 23.7 Å². The van der Waals surface area contributed by atoms with Crippen LogP contribution in [0, 0.1) is 0 Å². The summed E-state index contributed by atoms with van der Waals surface area (Å²) in [6.07, 6.45) is 5.71. The Morgan fingerprint density at radius 2 is 2.03 bits per heavy atom. The first-order chi connectivity index (χ1) is 13.6. The molecule has 7 nitrogen and oxygen atoms in total. The van der Waals surface area contributed by atoms with Crippen molar-refractivity contribution in [2.24, 2.45) is 0 Å². The first-order valence-electron chi connectivity index (χ1n) is 9.69. The summed E-state index contributed by atoms with van der Waals surface area (Å²) in [7, 11) is 1.81. The topological polar surface area (TPSA) is 67.4 Å². The van der Waals surface area contributed by atoms with Gasteiger partial charge in [0.05, 0.1) is 23.6 Å². The molecule has 0 saturated heterocycles. The Bertz CT molecular complexity index is 973. The molecule has 3 aromatic rings. The van der Waals surface area contributed by atoms with Crippen LogP contribution in [0.4, 0.5) is 0 Å². The summed E-state index contributed by atoms with van der Waals surface area (Å²) in [4.78, 5) is 26.7. The number of aromatic nitrogens is 3. The Morgan fingerprint density at radius 1 is 1.28 bits per heavy atom. The van der Waals surface area contributed by atoms with Crippen molar-refractivity contribution in [3.05, 3.63) is 40.3 Å². The highest BCUT2D eigenvalue weighted by atomic mass is 35.5. The van der Waals surface area contributed by atoms with Gasteiger partial charge in [0.15, 0.2) is 0 Å². The van der Waals surface area contributed by atoms with Crippen molar-refractivity contribution in [2.75, 3.05) is 20.1 Å². The minimum absolute atomic E-state index is 0. The van der Waals surface area contributed by atoms with Crippen molar-refractivity contribution >= 4 is 29.7 Å². The molecule has 1 aliphatic rings. The minimum Gasteiger partial charge on any atom is -0.443 e. The highest BCUT2D eigenvalue weighted by Gasteiger charge is 2.29. The molecule has 0 atom stereocenters. The average Bonchev–Trinajstić information content (AvgIpc) is 3.39. The zero-order valence-corrected chi connectivity index (χ0v) is 18.6. The van der Waals surface area contributed by atoms with E-state index >= 15 is 0 Å². The summed E-state index contributed by atoms with van der Waals surface area (Å²) in [5, 5.41) is 1.93. The van der Waals surface area contributed by atoms with Crippen molar-refractivity contribution in [3.63, 3.8) is 0 Å². The molecule has 0 saturated carbocycles. The maximum Gasteiger partial charge on any atom is 0.266 e. The highest BCUT2D eigenvalue weighted by Crippen LogP contribution is 2.32. The first-order valence-corrected chi connectivity index (χ1v) is 10.6. The Labute approximate surface area is 180 Å². The van der Waals surface area contributed by atoms with E-state index < -0.39 is 0 Å². The predicted molar refractivity (Wildman–Crippen MR) is 116 cm³/mol. The summed E-state index contributed by atoms with van der Waals surface area (Å²) >= 11 is 1.45. The highest BCUT2D eigenvalue weighted by molar-refractivity contribution is 7.12. The first kappa shape index (κ1) is 21.5. The van der Waals surface area contributed by atoms with E-state index in [9.17, 15) is 4.79 Å². The van der Waals surface area contributed by atoms with Crippen LogP contribution < -0.4 is 0 Å². The standard InChI is InChI=1S/C20H25N5O2S.ClH/c1-4-7-24(8-5-2)10-14-12-27-19(22-14)17-16-11-23(3)20(26)18-15(6-9-28-18)25(16)13-21-17;/h6,9,12-13H,4-5,7-8,10-11H2,1-3H3;1H. The van der Waals surface area contributed by atoms with Crippen molar-refractivity contribution in [1.29, 1.82) is 0 Å². The normalized spacial score (nSPS) is 13.2. The Hall–Kier alpha value is -2.16. The van der Waals surface area contributed by atoms with E-state index in [-0.39, 0.29) is 18.3 Å².